The molecule has 0 aromatic heterocycles. The third-order valence-corrected chi connectivity index (χ3v) is 12.5. The lowest BCUT2D eigenvalue weighted by Crippen LogP contribution is -2.40. The van der Waals surface area contributed by atoms with Crippen LogP contribution in [0, 0.1) is 6.92 Å². The van der Waals surface area contributed by atoms with Gasteiger partial charge in [-0.3, -0.25) is 4.55 Å². The fraction of sp³-hybridized carbons (Fsp3) is 0.0303. The van der Waals surface area contributed by atoms with Crippen LogP contribution >= 0.6 is 7.26 Å². The number of rotatable bonds is 5. The molecule has 0 fully saturated rings. The van der Waals surface area contributed by atoms with Crippen LogP contribution in [-0.4, -0.2) is 13.0 Å². The Morgan fingerprint density at radius 2 is 1.03 bits per heavy atom. The van der Waals surface area contributed by atoms with E-state index < -0.39 is 17.4 Å². The molecule has 1 N–H and O–H groups in total. The van der Waals surface area contributed by atoms with Crippen LogP contribution in [0.5, 0.6) is 0 Å². The first kappa shape index (κ1) is 24.5. The largest absolute Gasteiger partial charge is 0.298 e. The van der Waals surface area contributed by atoms with E-state index in [9.17, 15) is 13.0 Å². The third kappa shape index (κ3) is 4.12. The summed E-state index contributed by atoms with van der Waals surface area (Å²) < 4.78 is 36.4. The van der Waals surface area contributed by atoms with E-state index in [2.05, 4.69) is 72.8 Å². The van der Waals surface area contributed by atoms with Crippen molar-refractivity contribution in [2.45, 2.75) is 11.8 Å². The summed E-state index contributed by atoms with van der Waals surface area (Å²) in [7, 11) is -7.33. The monoisotopic (exact) mass is 533 g/mol. The summed E-state index contributed by atoms with van der Waals surface area (Å²) >= 11 is 0. The van der Waals surface area contributed by atoms with Crippen LogP contribution in [0.15, 0.2) is 138 Å². The maximum Gasteiger partial charge on any atom is 0.298 e. The molecule has 0 aliphatic rings. The molecule has 0 heterocycles. The lowest BCUT2D eigenvalue weighted by Gasteiger charge is -2.29. The minimum Gasteiger partial charge on any atom is -0.282 e. The zero-order valence-corrected chi connectivity index (χ0v) is 22.5. The fourth-order valence-electron chi connectivity index (χ4n) is 5.39. The molecule has 0 unspecified atom stereocenters. The molecule has 38 heavy (non-hydrogen) atoms. The lowest BCUT2D eigenvalue weighted by molar-refractivity contribution is 0.484. The van der Waals surface area contributed by atoms with Crippen LogP contribution in [0.4, 0.5) is 0 Å². The molecule has 0 aliphatic heterocycles. The number of hydrogen-bond acceptors (Lipinski definition) is 2. The molecule has 6 aromatic rings. The van der Waals surface area contributed by atoms with Gasteiger partial charge in [0.1, 0.15) is 33.4 Å². The molecule has 0 saturated heterocycles. The van der Waals surface area contributed by atoms with Crippen LogP contribution in [0.2, 0.25) is 0 Å². The second kappa shape index (κ2) is 9.49. The van der Waals surface area contributed by atoms with E-state index in [0.717, 1.165) is 43.0 Å². The summed E-state index contributed by atoms with van der Waals surface area (Å²) in [6, 6.07) is 44.7. The van der Waals surface area contributed by atoms with Gasteiger partial charge in [-0.1, -0.05) is 84.9 Å². The Labute approximate surface area is 223 Å². The molecule has 0 bridgehead atoms. The Hall–Kier alpha value is -3.82. The van der Waals surface area contributed by atoms with Crippen LogP contribution in [0.3, 0.4) is 0 Å². The Morgan fingerprint density at radius 3 is 1.55 bits per heavy atom. The van der Waals surface area contributed by atoms with E-state index in [1.807, 2.05) is 61.5 Å². The van der Waals surface area contributed by atoms with Crippen molar-refractivity contribution in [3.05, 3.63) is 139 Å². The van der Waals surface area contributed by atoms with Gasteiger partial charge in [-0.15, -0.1) is 0 Å². The molecular weight excluding hydrogens is 507 g/mol. The van der Waals surface area contributed by atoms with Crippen molar-refractivity contribution >= 4 is 60.1 Å². The highest BCUT2D eigenvalue weighted by atomic mass is 32.2. The summed E-state index contributed by atoms with van der Waals surface area (Å²) in [5.74, 6) is 0. The van der Waals surface area contributed by atoms with Crippen LogP contribution in [-0.2, 0) is 10.1 Å². The molecule has 0 radical (unpaired) electrons. The first-order valence-electron chi connectivity index (χ1n) is 12.4. The Morgan fingerprint density at radius 1 is 0.526 bits per heavy atom. The Bertz CT molecular complexity index is 1840. The SMILES string of the molecule is Cc1ccc([P+](c2ccccc2)(c2ccc3ccccc3c2)c2ccc3ccccc3c2)c(S(=O)(=O)O)c1. The smallest absolute Gasteiger partial charge is 0.282 e. The zero-order chi connectivity index (χ0) is 26.3. The number of fused-ring (bicyclic) bond motifs is 2. The van der Waals surface area contributed by atoms with E-state index in [4.69, 9.17) is 0 Å². The van der Waals surface area contributed by atoms with Crippen molar-refractivity contribution in [3.8, 4) is 0 Å². The van der Waals surface area contributed by atoms with Gasteiger partial charge < -0.3 is 0 Å². The molecule has 186 valence electrons. The number of hydrogen-bond donors (Lipinski definition) is 1. The number of aryl methyl sites for hydroxylation is 1. The normalized spacial score (nSPS) is 12.2. The topological polar surface area (TPSA) is 54.4 Å². The maximum absolute atomic E-state index is 12.9. The van der Waals surface area contributed by atoms with Gasteiger partial charge in [0.25, 0.3) is 10.1 Å². The molecule has 5 heteroatoms. The minimum absolute atomic E-state index is 0.0454. The van der Waals surface area contributed by atoms with E-state index >= 15 is 0 Å². The van der Waals surface area contributed by atoms with Crippen molar-refractivity contribution in [3.63, 3.8) is 0 Å². The van der Waals surface area contributed by atoms with Gasteiger partial charge in [-0.25, -0.2) is 0 Å². The second-order valence-corrected chi connectivity index (χ2v) is 14.3. The van der Waals surface area contributed by atoms with E-state index in [1.165, 1.54) is 0 Å². The highest BCUT2D eigenvalue weighted by molar-refractivity contribution is 8.02. The molecule has 6 rings (SSSR count). The molecule has 0 atom stereocenters. The quantitative estimate of drug-likeness (QED) is 0.213. The average molecular weight is 534 g/mol. The van der Waals surface area contributed by atoms with Gasteiger partial charge in [-0.2, -0.15) is 8.42 Å². The predicted octanol–water partition coefficient (Wildman–Crippen LogP) is 6.17. The molecule has 0 amide bonds. The summed E-state index contributed by atoms with van der Waals surface area (Å²) in [6.45, 7) is 1.84. The summed E-state index contributed by atoms with van der Waals surface area (Å²) in [6.07, 6.45) is 0. The van der Waals surface area contributed by atoms with Crippen molar-refractivity contribution in [2.75, 3.05) is 0 Å². The summed E-state index contributed by atoms with van der Waals surface area (Å²) in [4.78, 5) is -0.0454. The van der Waals surface area contributed by atoms with E-state index in [-0.39, 0.29) is 4.90 Å². The van der Waals surface area contributed by atoms with Crippen molar-refractivity contribution in [1.29, 1.82) is 0 Å². The van der Waals surface area contributed by atoms with E-state index in [0.29, 0.717) is 5.30 Å². The molecular formula is C33H26O3PS+. The van der Waals surface area contributed by atoms with Gasteiger partial charge in [-0.05, 0) is 82.6 Å². The van der Waals surface area contributed by atoms with Crippen molar-refractivity contribution in [2.24, 2.45) is 0 Å². The van der Waals surface area contributed by atoms with Crippen LogP contribution < -0.4 is 21.2 Å². The Balaban J connectivity index is 1.84. The van der Waals surface area contributed by atoms with Crippen molar-refractivity contribution in [1.82, 2.24) is 0 Å². The zero-order valence-electron chi connectivity index (χ0n) is 20.8. The molecule has 0 saturated carbocycles. The molecule has 0 spiro atoms. The van der Waals surface area contributed by atoms with Crippen LogP contribution in [0.1, 0.15) is 5.56 Å². The van der Waals surface area contributed by atoms with Gasteiger partial charge in [0.05, 0.1) is 0 Å². The molecule has 0 aliphatic carbocycles. The standard InChI is InChI=1S/C33H25O3PS/c1-24-15-20-32(33(21-24)38(34,35)36)37(29-13-3-2-4-14-29,30-18-16-25-9-5-7-11-27(25)22-30)31-19-17-26-10-6-8-12-28(26)23-31/h2-23H,1H3/p+1. The maximum atomic E-state index is 12.9. The number of benzene rings is 6. The highest BCUT2D eigenvalue weighted by Crippen LogP contribution is 2.56. The van der Waals surface area contributed by atoms with Crippen molar-refractivity contribution < 1.29 is 13.0 Å². The summed E-state index contributed by atoms with van der Waals surface area (Å²) in [5, 5.41) is 8.04. The Kier molecular flexibility index (Phi) is 6.12. The first-order chi connectivity index (χ1) is 18.4. The second-order valence-electron chi connectivity index (χ2n) is 9.52. The first-order valence-corrected chi connectivity index (χ1v) is 15.6. The molecule has 3 nitrogen and oxygen atoms in total. The lowest BCUT2D eigenvalue weighted by atomic mass is 10.1. The molecule has 6 aromatic carbocycles. The van der Waals surface area contributed by atoms with Gasteiger partial charge in [0.15, 0.2) is 0 Å². The van der Waals surface area contributed by atoms with E-state index in [1.54, 1.807) is 6.07 Å². The minimum atomic E-state index is -4.52. The van der Waals surface area contributed by atoms with Gasteiger partial charge in [0.2, 0.25) is 0 Å². The summed E-state index contributed by atoms with van der Waals surface area (Å²) in [5.41, 5.74) is 0.768. The van der Waals surface area contributed by atoms with Crippen LogP contribution in [0.25, 0.3) is 21.5 Å². The van der Waals surface area contributed by atoms with Gasteiger partial charge in [0, 0.05) is 0 Å². The highest BCUT2D eigenvalue weighted by Gasteiger charge is 2.51. The van der Waals surface area contributed by atoms with Gasteiger partial charge >= 0.3 is 0 Å². The average Bonchev–Trinajstić information content (AvgIpc) is 2.94. The predicted molar refractivity (Wildman–Crippen MR) is 161 cm³/mol. The third-order valence-electron chi connectivity index (χ3n) is 7.14. The fourth-order valence-corrected chi connectivity index (χ4v) is 11.1.